The number of aromatic nitrogens is 1. The molecule has 6 nitrogen and oxygen atoms in total. The van der Waals surface area contributed by atoms with Crippen LogP contribution >= 0.6 is 11.6 Å². The molecule has 1 amide bonds. The Labute approximate surface area is 144 Å². The topological polar surface area (TPSA) is 77.5 Å². The second-order valence-electron chi connectivity index (χ2n) is 4.91. The van der Waals surface area contributed by atoms with Crippen molar-refractivity contribution in [2.75, 3.05) is 19.8 Å². The van der Waals surface area contributed by atoms with Crippen LogP contribution in [-0.2, 0) is 9.53 Å². The van der Waals surface area contributed by atoms with E-state index < -0.39 is 5.97 Å². The zero-order valence-corrected chi connectivity index (χ0v) is 13.9. The highest BCUT2D eigenvalue weighted by molar-refractivity contribution is 6.31. The van der Waals surface area contributed by atoms with E-state index >= 15 is 0 Å². The minimum absolute atomic E-state index is 0.0681. The van der Waals surface area contributed by atoms with Crippen LogP contribution in [0.5, 0.6) is 5.75 Å². The second kappa shape index (κ2) is 8.88. The molecule has 0 unspecified atom stereocenters. The number of nitrogens with one attached hydrogen (secondary N) is 1. The number of benzene rings is 1. The van der Waals surface area contributed by atoms with E-state index in [1.165, 1.54) is 12.4 Å². The molecule has 1 N–H and O–H groups in total. The molecule has 0 aliphatic heterocycles. The molecule has 0 aliphatic carbocycles. The van der Waals surface area contributed by atoms with E-state index in [0.717, 1.165) is 5.56 Å². The fourth-order valence-electron chi connectivity index (χ4n) is 1.83. The number of hydrogen-bond donors (Lipinski definition) is 1. The first-order chi connectivity index (χ1) is 11.6. The molecule has 7 heteroatoms. The molecule has 0 spiro atoms. The van der Waals surface area contributed by atoms with Crippen molar-refractivity contribution in [3.63, 3.8) is 0 Å². The lowest BCUT2D eigenvalue weighted by atomic mass is 10.2. The number of carbonyl (C=O) groups is 2. The van der Waals surface area contributed by atoms with E-state index in [1.54, 1.807) is 30.3 Å². The number of hydrogen-bond acceptors (Lipinski definition) is 5. The van der Waals surface area contributed by atoms with Gasteiger partial charge in [-0.05, 0) is 42.8 Å². The molecule has 0 bridgehead atoms. The lowest BCUT2D eigenvalue weighted by Gasteiger charge is -2.09. The minimum Gasteiger partial charge on any atom is -0.482 e. The van der Waals surface area contributed by atoms with E-state index in [0.29, 0.717) is 16.3 Å². The van der Waals surface area contributed by atoms with Crippen LogP contribution in [0.3, 0.4) is 0 Å². The van der Waals surface area contributed by atoms with Crippen LogP contribution in [0, 0.1) is 6.92 Å². The molecule has 1 heterocycles. The summed E-state index contributed by atoms with van der Waals surface area (Å²) >= 11 is 5.91. The fraction of sp³-hybridized carbons (Fsp3) is 0.235. The first-order valence-electron chi connectivity index (χ1n) is 7.29. The van der Waals surface area contributed by atoms with Gasteiger partial charge in [0.25, 0.3) is 5.91 Å². The van der Waals surface area contributed by atoms with Gasteiger partial charge < -0.3 is 14.8 Å². The molecular weight excluding hydrogens is 332 g/mol. The van der Waals surface area contributed by atoms with Gasteiger partial charge in [-0.15, -0.1) is 0 Å². The maximum Gasteiger partial charge on any atom is 0.344 e. The van der Waals surface area contributed by atoms with Crippen molar-refractivity contribution in [3.8, 4) is 5.75 Å². The summed E-state index contributed by atoms with van der Waals surface area (Å²) in [6.07, 6.45) is 3.06. The summed E-state index contributed by atoms with van der Waals surface area (Å²) in [6, 6.07) is 8.32. The summed E-state index contributed by atoms with van der Waals surface area (Å²) in [5, 5.41) is 3.28. The standard InChI is InChI=1S/C17H17ClN2O4/c1-12-10-14(2-3-15(12)18)24-11-16(21)23-9-8-20-17(22)13-4-6-19-7-5-13/h2-7,10H,8-9,11H2,1H3,(H,20,22). The van der Waals surface area contributed by atoms with Gasteiger partial charge in [-0.25, -0.2) is 4.79 Å². The van der Waals surface area contributed by atoms with Crippen LogP contribution in [0.25, 0.3) is 0 Å². The molecule has 126 valence electrons. The molecule has 0 saturated heterocycles. The summed E-state index contributed by atoms with van der Waals surface area (Å²) < 4.78 is 10.3. The number of pyridine rings is 1. The normalized spacial score (nSPS) is 10.1. The predicted molar refractivity (Wildman–Crippen MR) is 89.2 cm³/mol. The van der Waals surface area contributed by atoms with Crippen LogP contribution in [0.4, 0.5) is 0 Å². The quantitative estimate of drug-likeness (QED) is 0.614. The lowest BCUT2D eigenvalue weighted by molar-refractivity contribution is -0.145. The largest absolute Gasteiger partial charge is 0.482 e. The summed E-state index contributed by atoms with van der Waals surface area (Å²) in [7, 11) is 0. The average Bonchev–Trinajstić information content (AvgIpc) is 2.60. The average molecular weight is 349 g/mol. The summed E-state index contributed by atoms with van der Waals surface area (Å²) in [5.41, 5.74) is 1.36. The van der Waals surface area contributed by atoms with E-state index in [9.17, 15) is 9.59 Å². The van der Waals surface area contributed by atoms with Crippen molar-refractivity contribution in [1.29, 1.82) is 0 Å². The summed E-state index contributed by atoms with van der Waals surface area (Å²) in [6.45, 7) is 1.92. The Balaban J connectivity index is 1.64. The third-order valence-corrected chi connectivity index (χ3v) is 3.50. The number of amides is 1. The number of esters is 1. The molecular formula is C17H17ClN2O4. The Bertz CT molecular complexity index is 707. The number of rotatable bonds is 7. The van der Waals surface area contributed by atoms with Crippen LogP contribution in [0.1, 0.15) is 15.9 Å². The molecule has 0 fully saturated rings. The highest BCUT2D eigenvalue weighted by Gasteiger charge is 2.07. The molecule has 1 aromatic carbocycles. The van der Waals surface area contributed by atoms with Gasteiger partial charge in [0, 0.05) is 23.0 Å². The van der Waals surface area contributed by atoms with Crippen molar-refractivity contribution < 1.29 is 19.1 Å². The van der Waals surface area contributed by atoms with Gasteiger partial charge in [0.1, 0.15) is 12.4 Å². The Hall–Kier alpha value is -2.60. The predicted octanol–water partition coefficient (Wildman–Crippen LogP) is 2.40. The Kier molecular flexibility index (Phi) is 6.57. The molecule has 24 heavy (non-hydrogen) atoms. The highest BCUT2D eigenvalue weighted by Crippen LogP contribution is 2.20. The van der Waals surface area contributed by atoms with Gasteiger partial charge in [0.05, 0.1) is 6.54 Å². The van der Waals surface area contributed by atoms with Crippen molar-refractivity contribution in [2.45, 2.75) is 6.92 Å². The molecule has 0 atom stereocenters. The number of aryl methyl sites for hydroxylation is 1. The Morgan fingerprint density at radius 2 is 1.96 bits per heavy atom. The van der Waals surface area contributed by atoms with Gasteiger partial charge in [0.2, 0.25) is 0 Å². The third kappa shape index (κ3) is 5.55. The molecule has 2 rings (SSSR count). The minimum atomic E-state index is -0.513. The van der Waals surface area contributed by atoms with Crippen molar-refractivity contribution in [2.24, 2.45) is 0 Å². The van der Waals surface area contributed by atoms with Crippen LogP contribution in [-0.4, -0.2) is 36.6 Å². The first-order valence-corrected chi connectivity index (χ1v) is 7.67. The van der Waals surface area contributed by atoms with E-state index in [2.05, 4.69) is 10.3 Å². The molecule has 0 saturated carbocycles. The van der Waals surface area contributed by atoms with Crippen LogP contribution in [0.2, 0.25) is 5.02 Å². The fourth-order valence-corrected chi connectivity index (χ4v) is 1.94. The number of nitrogens with zero attached hydrogens (tertiary/aromatic N) is 1. The first kappa shape index (κ1) is 17.7. The van der Waals surface area contributed by atoms with Gasteiger partial charge in [-0.2, -0.15) is 0 Å². The van der Waals surface area contributed by atoms with E-state index in [1.807, 2.05) is 6.92 Å². The van der Waals surface area contributed by atoms with Gasteiger partial charge in [0.15, 0.2) is 6.61 Å². The number of halogens is 1. The van der Waals surface area contributed by atoms with Crippen molar-refractivity contribution in [3.05, 3.63) is 58.9 Å². The van der Waals surface area contributed by atoms with Gasteiger partial charge >= 0.3 is 5.97 Å². The smallest absolute Gasteiger partial charge is 0.344 e. The third-order valence-electron chi connectivity index (χ3n) is 3.08. The maximum absolute atomic E-state index is 11.7. The van der Waals surface area contributed by atoms with Crippen LogP contribution < -0.4 is 10.1 Å². The van der Waals surface area contributed by atoms with Crippen LogP contribution in [0.15, 0.2) is 42.7 Å². The van der Waals surface area contributed by atoms with E-state index in [-0.39, 0.29) is 25.7 Å². The SMILES string of the molecule is Cc1cc(OCC(=O)OCCNC(=O)c2ccncc2)ccc1Cl. The van der Waals surface area contributed by atoms with Crippen molar-refractivity contribution in [1.82, 2.24) is 10.3 Å². The van der Waals surface area contributed by atoms with E-state index in [4.69, 9.17) is 21.1 Å². The zero-order chi connectivity index (χ0) is 17.4. The zero-order valence-electron chi connectivity index (χ0n) is 13.1. The highest BCUT2D eigenvalue weighted by atomic mass is 35.5. The van der Waals surface area contributed by atoms with Gasteiger partial charge in [-0.1, -0.05) is 11.6 Å². The molecule has 1 aromatic heterocycles. The number of carbonyl (C=O) groups excluding carboxylic acids is 2. The Morgan fingerprint density at radius 3 is 2.67 bits per heavy atom. The Morgan fingerprint density at radius 1 is 1.21 bits per heavy atom. The van der Waals surface area contributed by atoms with Gasteiger partial charge in [-0.3, -0.25) is 9.78 Å². The molecule has 0 radical (unpaired) electrons. The maximum atomic E-state index is 11.7. The molecule has 0 aliphatic rings. The number of ether oxygens (including phenoxy) is 2. The second-order valence-corrected chi connectivity index (χ2v) is 5.32. The molecule has 2 aromatic rings. The lowest BCUT2D eigenvalue weighted by Crippen LogP contribution is -2.28. The van der Waals surface area contributed by atoms with Crippen molar-refractivity contribution >= 4 is 23.5 Å². The summed E-state index contributed by atoms with van der Waals surface area (Å²) in [5.74, 6) is -0.220. The monoisotopic (exact) mass is 348 g/mol. The summed E-state index contributed by atoms with van der Waals surface area (Å²) in [4.78, 5) is 27.2.